The Kier molecular flexibility index (Phi) is 6.76. The molecule has 3 nitrogen and oxygen atoms in total. The van der Waals surface area contributed by atoms with E-state index in [0.717, 1.165) is 6.54 Å². The van der Waals surface area contributed by atoms with Crippen molar-refractivity contribution >= 4 is 5.91 Å². The van der Waals surface area contributed by atoms with Crippen molar-refractivity contribution < 1.29 is 4.79 Å². The number of nitrogens with one attached hydrogen (secondary N) is 2. The lowest BCUT2D eigenvalue weighted by Crippen LogP contribution is -2.43. The summed E-state index contributed by atoms with van der Waals surface area (Å²) >= 11 is 0. The van der Waals surface area contributed by atoms with Gasteiger partial charge in [-0.1, -0.05) is 41.5 Å². The zero-order valence-corrected chi connectivity index (χ0v) is 12.6. The highest BCUT2D eigenvalue weighted by molar-refractivity contribution is 5.78. The molecule has 17 heavy (non-hydrogen) atoms. The highest BCUT2D eigenvalue weighted by Gasteiger charge is 2.22. The van der Waals surface area contributed by atoms with Crippen molar-refractivity contribution in [2.75, 3.05) is 13.1 Å². The maximum Gasteiger partial charge on any atom is 0.234 e. The molecule has 0 heterocycles. The standard InChI is InChI=1S/C14H30N2O/c1-10(2)12(5)16-13(17)8-15-9-14(6,7)11(3)4/h10-12,15H,8-9H2,1-7H3,(H,16,17). The third-order valence-corrected chi connectivity index (χ3v) is 3.82. The van der Waals surface area contributed by atoms with Gasteiger partial charge < -0.3 is 10.6 Å². The Balaban J connectivity index is 3.87. The van der Waals surface area contributed by atoms with E-state index in [1.54, 1.807) is 0 Å². The molecule has 0 bridgehead atoms. The second kappa shape index (κ2) is 7.00. The second-order valence-electron chi connectivity index (χ2n) is 6.35. The van der Waals surface area contributed by atoms with Gasteiger partial charge in [0.25, 0.3) is 0 Å². The van der Waals surface area contributed by atoms with Crippen molar-refractivity contribution in [2.45, 2.75) is 54.5 Å². The van der Waals surface area contributed by atoms with Crippen molar-refractivity contribution in [1.82, 2.24) is 10.6 Å². The number of rotatable bonds is 7. The first-order valence-electron chi connectivity index (χ1n) is 6.67. The van der Waals surface area contributed by atoms with E-state index in [-0.39, 0.29) is 17.4 Å². The lowest BCUT2D eigenvalue weighted by atomic mass is 9.81. The van der Waals surface area contributed by atoms with E-state index in [0.29, 0.717) is 18.4 Å². The lowest BCUT2D eigenvalue weighted by molar-refractivity contribution is -0.121. The van der Waals surface area contributed by atoms with Gasteiger partial charge in [0, 0.05) is 12.6 Å². The number of carbonyl (C=O) groups is 1. The Labute approximate surface area is 107 Å². The summed E-state index contributed by atoms with van der Waals surface area (Å²) in [5, 5.41) is 6.23. The van der Waals surface area contributed by atoms with Gasteiger partial charge in [-0.15, -0.1) is 0 Å². The molecule has 0 spiro atoms. The largest absolute Gasteiger partial charge is 0.352 e. The topological polar surface area (TPSA) is 41.1 Å². The summed E-state index contributed by atoms with van der Waals surface area (Å²) in [7, 11) is 0. The molecule has 0 saturated carbocycles. The van der Waals surface area contributed by atoms with Crippen LogP contribution >= 0.6 is 0 Å². The van der Waals surface area contributed by atoms with Gasteiger partial charge in [-0.3, -0.25) is 4.79 Å². The van der Waals surface area contributed by atoms with Gasteiger partial charge >= 0.3 is 0 Å². The molecule has 3 heteroatoms. The molecule has 0 fully saturated rings. The smallest absolute Gasteiger partial charge is 0.234 e. The van der Waals surface area contributed by atoms with Gasteiger partial charge in [0.1, 0.15) is 0 Å². The normalized spacial score (nSPS) is 14.2. The molecule has 102 valence electrons. The zero-order chi connectivity index (χ0) is 13.6. The fourth-order valence-corrected chi connectivity index (χ4v) is 1.17. The molecule has 0 aromatic carbocycles. The van der Waals surface area contributed by atoms with Crippen LogP contribution in [0.5, 0.6) is 0 Å². The summed E-state index contributed by atoms with van der Waals surface area (Å²) in [5.41, 5.74) is 0.226. The maximum absolute atomic E-state index is 11.6. The highest BCUT2D eigenvalue weighted by Crippen LogP contribution is 2.24. The van der Waals surface area contributed by atoms with Crippen molar-refractivity contribution in [3.8, 4) is 0 Å². The molecular weight excluding hydrogens is 212 g/mol. The first-order valence-corrected chi connectivity index (χ1v) is 6.67. The molecule has 0 aliphatic carbocycles. The first kappa shape index (κ1) is 16.4. The first-order chi connectivity index (χ1) is 7.66. The summed E-state index contributed by atoms with van der Waals surface area (Å²) in [6.45, 7) is 16.4. The fraction of sp³-hybridized carbons (Fsp3) is 0.929. The molecule has 0 aliphatic rings. The average Bonchev–Trinajstić information content (AvgIpc) is 2.16. The van der Waals surface area contributed by atoms with Gasteiger partial charge in [0.15, 0.2) is 0 Å². The van der Waals surface area contributed by atoms with Crippen molar-refractivity contribution in [1.29, 1.82) is 0 Å². The van der Waals surface area contributed by atoms with Gasteiger partial charge in [0.2, 0.25) is 5.91 Å². The minimum absolute atomic E-state index is 0.0887. The van der Waals surface area contributed by atoms with Crippen molar-refractivity contribution in [3.63, 3.8) is 0 Å². The maximum atomic E-state index is 11.6. The van der Waals surface area contributed by atoms with E-state index < -0.39 is 0 Å². The molecule has 1 atom stereocenters. The average molecular weight is 242 g/mol. The minimum atomic E-state index is 0.0887. The van der Waals surface area contributed by atoms with E-state index in [1.165, 1.54) is 0 Å². The zero-order valence-electron chi connectivity index (χ0n) is 12.6. The predicted molar refractivity (Wildman–Crippen MR) is 73.9 cm³/mol. The van der Waals surface area contributed by atoms with Gasteiger partial charge in [-0.25, -0.2) is 0 Å². The molecule has 1 amide bonds. The lowest BCUT2D eigenvalue weighted by Gasteiger charge is -2.29. The van der Waals surface area contributed by atoms with E-state index in [2.05, 4.69) is 52.2 Å². The number of amides is 1. The molecule has 0 aromatic heterocycles. The predicted octanol–water partition coefficient (Wildman–Crippen LogP) is 2.42. The molecule has 0 aromatic rings. The van der Waals surface area contributed by atoms with Crippen LogP contribution in [0.25, 0.3) is 0 Å². The Morgan fingerprint density at radius 2 is 1.65 bits per heavy atom. The second-order valence-corrected chi connectivity index (χ2v) is 6.35. The number of carbonyl (C=O) groups excluding carboxylic acids is 1. The van der Waals surface area contributed by atoms with E-state index in [9.17, 15) is 4.79 Å². The summed E-state index contributed by atoms with van der Waals surface area (Å²) in [6, 6.07) is 0.238. The van der Waals surface area contributed by atoms with Crippen molar-refractivity contribution in [3.05, 3.63) is 0 Å². The summed E-state index contributed by atoms with van der Waals surface area (Å²) in [5.74, 6) is 1.17. The van der Waals surface area contributed by atoms with Gasteiger partial charge in [-0.2, -0.15) is 0 Å². The van der Waals surface area contributed by atoms with Crippen LogP contribution < -0.4 is 10.6 Å². The van der Waals surface area contributed by atoms with Crippen LogP contribution in [0.1, 0.15) is 48.5 Å². The fourth-order valence-electron chi connectivity index (χ4n) is 1.17. The monoisotopic (exact) mass is 242 g/mol. The molecule has 1 unspecified atom stereocenters. The minimum Gasteiger partial charge on any atom is -0.352 e. The van der Waals surface area contributed by atoms with Crippen LogP contribution in [0.15, 0.2) is 0 Å². The third-order valence-electron chi connectivity index (χ3n) is 3.82. The Hall–Kier alpha value is -0.570. The molecule has 0 radical (unpaired) electrons. The molecular formula is C14H30N2O. The highest BCUT2D eigenvalue weighted by atomic mass is 16.1. The van der Waals surface area contributed by atoms with Crippen LogP contribution in [0.2, 0.25) is 0 Å². The molecule has 0 rings (SSSR count). The Morgan fingerprint density at radius 1 is 1.12 bits per heavy atom. The van der Waals surface area contributed by atoms with Crippen LogP contribution in [-0.4, -0.2) is 25.0 Å². The van der Waals surface area contributed by atoms with Crippen LogP contribution in [0, 0.1) is 17.3 Å². The third kappa shape index (κ3) is 6.67. The van der Waals surface area contributed by atoms with E-state index >= 15 is 0 Å². The Bertz CT molecular complexity index is 234. The van der Waals surface area contributed by atoms with Crippen LogP contribution in [0.4, 0.5) is 0 Å². The van der Waals surface area contributed by atoms with E-state index in [1.807, 2.05) is 6.92 Å². The SMILES string of the molecule is CC(C)C(C)NC(=O)CNCC(C)(C)C(C)C. The van der Waals surface area contributed by atoms with Gasteiger partial charge in [0.05, 0.1) is 6.54 Å². The van der Waals surface area contributed by atoms with Crippen LogP contribution in [-0.2, 0) is 4.79 Å². The summed E-state index contributed by atoms with van der Waals surface area (Å²) in [4.78, 5) is 11.6. The molecule has 0 aliphatic heterocycles. The van der Waals surface area contributed by atoms with E-state index in [4.69, 9.17) is 0 Å². The quantitative estimate of drug-likeness (QED) is 0.720. The summed E-state index contributed by atoms with van der Waals surface area (Å²) < 4.78 is 0. The summed E-state index contributed by atoms with van der Waals surface area (Å²) in [6.07, 6.45) is 0. The molecule has 0 saturated heterocycles. The number of hydrogen-bond donors (Lipinski definition) is 2. The van der Waals surface area contributed by atoms with Crippen molar-refractivity contribution in [2.24, 2.45) is 17.3 Å². The molecule has 2 N–H and O–H groups in total. The number of hydrogen-bond acceptors (Lipinski definition) is 2. The Morgan fingerprint density at radius 3 is 2.06 bits per heavy atom. The van der Waals surface area contributed by atoms with Gasteiger partial charge in [-0.05, 0) is 24.2 Å². The van der Waals surface area contributed by atoms with Crippen LogP contribution in [0.3, 0.4) is 0 Å².